The maximum absolute atomic E-state index is 11.4. The Hall–Kier alpha value is -1.85. The SMILES string of the molecule is Cc1cc(NC(=O)C[C@H](C)CC(=O)O)no1. The first kappa shape index (κ1) is 12.2. The Morgan fingerprint density at radius 2 is 2.25 bits per heavy atom. The van der Waals surface area contributed by atoms with Crippen molar-refractivity contribution in [3.8, 4) is 0 Å². The number of carbonyl (C=O) groups is 2. The summed E-state index contributed by atoms with van der Waals surface area (Å²) >= 11 is 0. The summed E-state index contributed by atoms with van der Waals surface area (Å²) in [4.78, 5) is 21.8. The first-order valence-corrected chi connectivity index (χ1v) is 4.92. The summed E-state index contributed by atoms with van der Waals surface area (Å²) in [5.41, 5.74) is 0. The zero-order valence-electron chi connectivity index (χ0n) is 9.19. The van der Waals surface area contributed by atoms with E-state index < -0.39 is 5.97 Å². The lowest BCUT2D eigenvalue weighted by Crippen LogP contribution is -2.17. The van der Waals surface area contributed by atoms with Crippen LogP contribution in [0.3, 0.4) is 0 Å². The molecule has 1 atom stereocenters. The van der Waals surface area contributed by atoms with Gasteiger partial charge in [-0.1, -0.05) is 12.1 Å². The minimum Gasteiger partial charge on any atom is -0.481 e. The van der Waals surface area contributed by atoms with Crippen LogP contribution in [-0.2, 0) is 9.59 Å². The molecule has 0 saturated heterocycles. The first-order valence-electron chi connectivity index (χ1n) is 4.92. The van der Waals surface area contributed by atoms with Crippen molar-refractivity contribution in [1.82, 2.24) is 5.16 Å². The zero-order valence-corrected chi connectivity index (χ0v) is 9.19. The highest BCUT2D eigenvalue weighted by Crippen LogP contribution is 2.11. The van der Waals surface area contributed by atoms with Gasteiger partial charge >= 0.3 is 5.97 Å². The molecule has 0 spiro atoms. The second-order valence-electron chi connectivity index (χ2n) is 3.78. The largest absolute Gasteiger partial charge is 0.481 e. The smallest absolute Gasteiger partial charge is 0.303 e. The molecule has 0 aliphatic heterocycles. The van der Waals surface area contributed by atoms with Crippen molar-refractivity contribution in [2.24, 2.45) is 5.92 Å². The number of carbonyl (C=O) groups excluding carboxylic acids is 1. The molecular formula is C10H14N2O4. The fourth-order valence-corrected chi connectivity index (χ4v) is 1.31. The summed E-state index contributed by atoms with van der Waals surface area (Å²) in [5, 5.41) is 14.7. The molecule has 88 valence electrons. The number of nitrogens with zero attached hydrogens (tertiary/aromatic N) is 1. The second-order valence-corrected chi connectivity index (χ2v) is 3.78. The van der Waals surface area contributed by atoms with Gasteiger partial charge in [0.05, 0.1) is 0 Å². The molecule has 0 aromatic carbocycles. The average Bonchev–Trinajstić information content (AvgIpc) is 2.48. The van der Waals surface area contributed by atoms with E-state index in [2.05, 4.69) is 10.5 Å². The van der Waals surface area contributed by atoms with E-state index in [1.807, 2.05) is 0 Å². The van der Waals surface area contributed by atoms with Crippen molar-refractivity contribution in [2.45, 2.75) is 26.7 Å². The minimum absolute atomic E-state index is 0.0226. The van der Waals surface area contributed by atoms with Crippen LogP contribution in [0.1, 0.15) is 25.5 Å². The normalized spacial score (nSPS) is 12.1. The topological polar surface area (TPSA) is 92.4 Å². The Bertz CT molecular complexity index is 386. The van der Waals surface area contributed by atoms with Gasteiger partial charge in [0.1, 0.15) is 5.76 Å². The Morgan fingerprint density at radius 1 is 1.56 bits per heavy atom. The fraction of sp³-hybridized carbons (Fsp3) is 0.500. The van der Waals surface area contributed by atoms with Crippen LogP contribution >= 0.6 is 0 Å². The number of carboxylic acids is 1. The number of aryl methyl sites for hydroxylation is 1. The van der Waals surface area contributed by atoms with Gasteiger partial charge in [0.2, 0.25) is 5.91 Å². The summed E-state index contributed by atoms with van der Waals surface area (Å²) < 4.78 is 4.78. The van der Waals surface area contributed by atoms with Gasteiger partial charge in [-0.25, -0.2) is 0 Å². The third-order valence-electron chi connectivity index (χ3n) is 1.95. The summed E-state index contributed by atoms with van der Waals surface area (Å²) in [5.74, 6) is -0.413. The lowest BCUT2D eigenvalue weighted by atomic mass is 10.0. The van der Waals surface area contributed by atoms with Crippen LogP contribution in [0, 0.1) is 12.8 Å². The molecule has 0 saturated carbocycles. The molecule has 1 rings (SSSR count). The predicted molar refractivity (Wildman–Crippen MR) is 55.9 cm³/mol. The van der Waals surface area contributed by atoms with E-state index in [0.29, 0.717) is 11.6 Å². The highest BCUT2D eigenvalue weighted by atomic mass is 16.5. The van der Waals surface area contributed by atoms with Crippen molar-refractivity contribution in [1.29, 1.82) is 0 Å². The molecule has 1 heterocycles. The number of nitrogens with one attached hydrogen (secondary N) is 1. The molecular weight excluding hydrogens is 212 g/mol. The number of carboxylic acid groups (broad SMARTS) is 1. The van der Waals surface area contributed by atoms with Gasteiger partial charge in [-0.2, -0.15) is 0 Å². The van der Waals surface area contributed by atoms with Crippen molar-refractivity contribution >= 4 is 17.7 Å². The van der Waals surface area contributed by atoms with Gasteiger partial charge in [-0.3, -0.25) is 9.59 Å². The molecule has 0 unspecified atom stereocenters. The number of anilines is 1. The number of aromatic nitrogens is 1. The average molecular weight is 226 g/mol. The van der Waals surface area contributed by atoms with E-state index in [1.165, 1.54) is 0 Å². The standard InChI is InChI=1S/C10H14N2O4/c1-6(4-10(14)15)3-9(13)11-8-5-7(2)16-12-8/h5-6H,3-4H2,1-2H3,(H,14,15)(H,11,12,13)/t6-/m0/s1. The van der Waals surface area contributed by atoms with Gasteiger partial charge in [0.15, 0.2) is 5.82 Å². The molecule has 1 amide bonds. The third kappa shape index (κ3) is 4.12. The van der Waals surface area contributed by atoms with Gasteiger partial charge in [-0.15, -0.1) is 0 Å². The van der Waals surface area contributed by atoms with E-state index in [-0.39, 0.29) is 24.7 Å². The van der Waals surface area contributed by atoms with Gasteiger partial charge < -0.3 is 14.9 Å². The summed E-state index contributed by atoms with van der Waals surface area (Å²) in [6.45, 7) is 3.43. The number of aliphatic carboxylic acids is 1. The van der Waals surface area contributed by atoms with E-state index in [9.17, 15) is 9.59 Å². The van der Waals surface area contributed by atoms with Gasteiger partial charge in [0, 0.05) is 18.9 Å². The maximum Gasteiger partial charge on any atom is 0.303 e. The molecule has 0 bridgehead atoms. The number of rotatable bonds is 5. The van der Waals surface area contributed by atoms with Gasteiger partial charge in [0.25, 0.3) is 0 Å². The molecule has 0 aliphatic rings. The quantitative estimate of drug-likeness (QED) is 0.792. The van der Waals surface area contributed by atoms with Crippen LogP contribution < -0.4 is 5.32 Å². The van der Waals surface area contributed by atoms with Crippen LogP contribution in [-0.4, -0.2) is 22.1 Å². The Labute approximate surface area is 92.6 Å². The zero-order chi connectivity index (χ0) is 12.1. The van der Waals surface area contributed by atoms with Crippen molar-refractivity contribution in [3.05, 3.63) is 11.8 Å². The first-order chi connectivity index (χ1) is 7.47. The van der Waals surface area contributed by atoms with Crippen molar-refractivity contribution in [2.75, 3.05) is 5.32 Å². The molecule has 1 aromatic heterocycles. The molecule has 6 heteroatoms. The van der Waals surface area contributed by atoms with Crippen LogP contribution in [0.2, 0.25) is 0 Å². The monoisotopic (exact) mass is 226 g/mol. The second kappa shape index (κ2) is 5.29. The minimum atomic E-state index is -0.905. The van der Waals surface area contributed by atoms with Crippen molar-refractivity contribution in [3.63, 3.8) is 0 Å². The summed E-state index contributed by atoms with van der Waals surface area (Å²) in [7, 11) is 0. The molecule has 16 heavy (non-hydrogen) atoms. The highest BCUT2D eigenvalue weighted by Gasteiger charge is 2.13. The van der Waals surface area contributed by atoms with Crippen LogP contribution in [0.4, 0.5) is 5.82 Å². The van der Waals surface area contributed by atoms with Crippen LogP contribution in [0.5, 0.6) is 0 Å². The van der Waals surface area contributed by atoms with Gasteiger partial charge in [-0.05, 0) is 12.8 Å². The van der Waals surface area contributed by atoms with E-state index >= 15 is 0 Å². The number of amides is 1. The third-order valence-corrected chi connectivity index (χ3v) is 1.95. The lowest BCUT2D eigenvalue weighted by Gasteiger charge is -2.07. The van der Waals surface area contributed by atoms with E-state index in [0.717, 1.165) is 0 Å². The Balaban J connectivity index is 2.38. The van der Waals surface area contributed by atoms with E-state index in [4.69, 9.17) is 9.63 Å². The Kier molecular flexibility index (Phi) is 4.04. The van der Waals surface area contributed by atoms with Crippen LogP contribution in [0.15, 0.2) is 10.6 Å². The molecule has 0 fully saturated rings. The molecule has 0 aliphatic carbocycles. The molecule has 0 radical (unpaired) electrons. The van der Waals surface area contributed by atoms with Crippen molar-refractivity contribution < 1.29 is 19.2 Å². The summed E-state index contributed by atoms with van der Waals surface area (Å²) in [6, 6.07) is 1.60. The van der Waals surface area contributed by atoms with Crippen LogP contribution in [0.25, 0.3) is 0 Å². The molecule has 2 N–H and O–H groups in total. The fourth-order valence-electron chi connectivity index (χ4n) is 1.31. The maximum atomic E-state index is 11.4. The number of hydrogen-bond donors (Lipinski definition) is 2. The lowest BCUT2D eigenvalue weighted by molar-refractivity contribution is -0.138. The summed E-state index contributed by atoms with van der Waals surface area (Å²) in [6.07, 6.45) is 0.128. The molecule has 6 nitrogen and oxygen atoms in total. The van der Waals surface area contributed by atoms with E-state index in [1.54, 1.807) is 19.9 Å². The predicted octanol–water partition coefficient (Wildman–Crippen LogP) is 1.42. The molecule has 1 aromatic rings. The Morgan fingerprint density at radius 3 is 2.75 bits per heavy atom. The highest BCUT2D eigenvalue weighted by molar-refractivity contribution is 5.90. The number of hydrogen-bond acceptors (Lipinski definition) is 4.